The van der Waals surface area contributed by atoms with Gasteiger partial charge in [0, 0.05) is 22.3 Å². The number of alkyl halides is 3. The van der Waals surface area contributed by atoms with Gasteiger partial charge in [0.05, 0.1) is 6.54 Å². The smallest absolute Gasteiger partial charge is 0.401 e. The van der Waals surface area contributed by atoms with Gasteiger partial charge in [-0.05, 0) is 19.1 Å². The van der Waals surface area contributed by atoms with Gasteiger partial charge >= 0.3 is 6.18 Å². The Balaban J connectivity index is 2.04. The molecule has 1 atom stereocenters. The minimum atomic E-state index is -4.22. The molecule has 0 heterocycles. The van der Waals surface area contributed by atoms with Crippen LogP contribution in [0.25, 0.3) is 10.8 Å². The first-order chi connectivity index (χ1) is 9.87. The van der Waals surface area contributed by atoms with Gasteiger partial charge in [0.25, 0.3) is 0 Å². The molecule has 2 aromatic carbocycles. The van der Waals surface area contributed by atoms with Crippen LogP contribution in [0, 0.1) is 0 Å². The molecular weight excluding hydrogens is 303 g/mol. The van der Waals surface area contributed by atoms with E-state index < -0.39 is 18.8 Å². The first kappa shape index (κ1) is 15.9. The van der Waals surface area contributed by atoms with Gasteiger partial charge in [-0.1, -0.05) is 35.9 Å². The van der Waals surface area contributed by atoms with E-state index in [0.717, 1.165) is 10.8 Å². The Morgan fingerprint density at radius 1 is 1.14 bits per heavy atom. The van der Waals surface area contributed by atoms with E-state index in [2.05, 4.69) is 5.32 Å². The van der Waals surface area contributed by atoms with Crippen LogP contribution in [0.3, 0.4) is 0 Å². The summed E-state index contributed by atoms with van der Waals surface area (Å²) in [6.45, 7) is 0.797. The van der Waals surface area contributed by atoms with Crippen molar-refractivity contribution in [3.05, 3.63) is 41.4 Å². The lowest BCUT2D eigenvalue weighted by atomic mass is 10.1. The molecule has 0 fully saturated rings. The van der Waals surface area contributed by atoms with Crippen LogP contribution < -0.4 is 10.1 Å². The zero-order chi connectivity index (χ0) is 15.5. The summed E-state index contributed by atoms with van der Waals surface area (Å²) in [6, 6.07) is 10.9. The Labute approximate surface area is 125 Å². The molecule has 0 aliphatic heterocycles. The molecule has 0 spiro atoms. The molecule has 0 radical (unpaired) electrons. The van der Waals surface area contributed by atoms with Crippen molar-refractivity contribution in [2.45, 2.75) is 19.2 Å². The van der Waals surface area contributed by atoms with Crippen molar-refractivity contribution in [1.29, 1.82) is 0 Å². The summed E-state index contributed by atoms with van der Waals surface area (Å²) in [5.74, 6) is 0.608. The third-order valence-electron chi connectivity index (χ3n) is 2.92. The molecule has 2 aromatic rings. The normalized spacial score (nSPS) is 13.4. The van der Waals surface area contributed by atoms with Crippen LogP contribution in [0.1, 0.15) is 6.92 Å². The molecule has 1 unspecified atom stereocenters. The molecule has 0 aliphatic rings. The minimum absolute atomic E-state index is 0.108. The topological polar surface area (TPSA) is 21.3 Å². The maximum atomic E-state index is 12.1. The van der Waals surface area contributed by atoms with Gasteiger partial charge in [-0.25, -0.2) is 0 Å². The maximum absolute atomic E-state index is 12.1. The molecule has 2 rings (SSSR count). The average molecular weight is 318 g/mol. The molecule has 0 saturated heterocycles. The number of fused-ring (bicyclic) bond motifs is 1. The Hall–Kier alpha value is -1.46. The Bertz CT molecular complexity index is 615. The highest BCUT2D eigenvalue weighted by atomic mass is 35.5. The lowest BCUT2D eigenvalue weighted by molar-refractivity contribution is -0.125. The van der Waals surface area contributed by atoms with Gasteiger partial charge in [0.1, 0.15) is 11.9 Å². The minimum Gasteiger partial charge on any atom is -0.489 e. The van der Waals surface area contributed by atoms with Gasteiger partial charge in [-0.15, -0.1) is 0 Å². The van der Waals surface area contributed by atoms with Crippen molar-refractivity contribution in [1.82, 2.24) is 5.32 Å². The number of benzene rings is 2. The summed E-state index contributed by atoms with van der Waals surface area (Å²) in [4.78, 5) is 0. The molecule has 21 heavy (non-hydrogen) atoms. The fourth-order valence-corrected chi connectivity index (χ4v) is 2.24. The van der Waals surface area contributed by atoms with Gasteiger partial charge in [-0.2, -0.15) is 13.2 Å². The van der Waals surface area contributed by atoms with Crippen molar-refractivity contribution in [3.63, 3.8) is 0 Å². The van der Waals surface area contributed by atoms with E-state index >= 15 is 0 Å². The van der Waals surface area contributed by atoms with Crippen LogP contribution in [0.2, 0.25) is 5.02 Å². The third-order valence-corrected chi connectivity index (χ3v) is 3.25. The molecular formula is C15H15ClF3NO. The quantitative estimate of drug-likeness (QED) is 0.882. The first-order valence-corrected chi connectivity index (χ1v) is 6.86. The monoisotopic (exact) mass is 317 g/mol. The molecule has 114 valence electrons. The highest BCUT2D eigenvalue weighted by Gasteiger charge is 2.26. The lowest BCUT2D eigenvalue weighted by Gasteiger charge is -2.18. The fourth-order valence-electron chi connectivity index (χ4n) is 2.01. The van der Waals surface area contributed by atoms with E-state index in [0.29, 0.717) is 10.8 Å². The van der Waals surface area contributed by atoms with Crippen LogP contribution in [0.5, 0.6) is 5.75 Å². The van der Waals surface area contributed by atoms with Crippen molar-refractivity contribution >= 4 is 22.4 Å². The third kappa shape index (κ3) is 4.51. The zero-order valence-corrected chi connectivity index (χ0v) is 12.1. The van der Waals surface area contributed by atoms with Gasteiger partial charge in [0.2, 0.25) is 0 Å². The van der Waals surface area contributed by atoms with Crippen LogP contribution in [-0.4, -0.2) is 25.4 Å². The van der Waals surface area contributed by atoms with Crippen LogP contribution >= 0.6 is 11.6 Å². The molecule has 1 N–H and O–H groups in total. The van der Waals surface area contributed by atoms with Crippen LogP contribution in [0.15, 0.2) is 36.4 Å². The number of hydrogen-bond acceptors (Lipinski definition) is 2. The van der Waals surface area contributed by atoms with Gasteiger partial charge in [-0.3, -0.25) is 0 Å². The number of ether oxygens (including phenoxy) is 1. The van der Waals surface area contributed by atoms with Crippen molar-refractivity contribution in [2.75, 3.05) is 13.1 Å². The fraction of sp³-hybridized carbons (Fsp3) is 0.333. The van der Waals surface area contributed by atoms with E-state index in [1.807, 2.05) is 24.3 Å². The van der Waals surface area contributed by atoms with Gasteiger partial charge in [0.15, 0.2) is 0 Å². The summed E-state index contributed by atoms with van der Waals surface area (Å²) >= 11 is 6.11. The number of nitrogens with one attached hydrogen (secondary N) is 1. The second-order valence-electron chi connectivity index (χ2n) is 4.77. The molecule has 0 aliphatic carbocycles. The SMILES string of the molecule is CC(CNCC(F)(F)F)Oc1ccc(Cl)c2ccccc12. The summed E-state index contributed by atoms with van der Waals surface area (Å²) < 4.78 is 41.9. The molecule has 0 saturated carbocycles. The standard InChI is InChI=1S/C15H15ClF3NO/c1-10(8-20-9-15(17,18)19)21-14-7-6-13(16)11-4-2-3-5-12(11)14/h2-7,10,20H,8-9H2,1H3. The molecule has 6 heteroatoms. The van der Waals surface area contributed by atoms with Crippen molar-refractivity contribution in [3.8, 4) is 5.75 Å². The largest absolute Gasteiger partial charge is 0.489 e. The van der Waals surface area contributed by atoms with Crippen LogP contribution in [-0.2, 0) is 0 Å². The number of halogens is 4. The first-order valence-electron chi connectivity index (χ1n) is 6.48. The van der Waals surface area contributed by atoms with E-state index in [1.54, 1.807) is 19.1 Å². The summed E-state index contributed by atoms with van der Waals surface area (Å²) in [5.41, 5.74) is 0. The van der Waals surface area contributed by atoms with E-state index in [1.165, 1.54) is 0 Å². The van der Waals surface area contributed by atoms with Crippen molar-refractivity contribution < 1.29 is 17.9 Å². The summed E-state index contributed by atoms with van der Waals surface area (Å²) in [5, 5.41) is 4.63. The predicted molar refractivity (Wildman–Crippen MR) is 78.0 cm³/mol. The highest BCUT2D eigenvalue weighted by Crippen LogP contribution is 2.31. The summed E-state index contributed by atoms with van der Waals surface area (Å²) in [6.07, 6.45) is -4.61. The van der Waals surface area contributed by atoms with Gasteiger partial charge < -0.3 is 10.1 Å². The summed E-state index contributed by atoms with van der Waals surface area (Å²) in [7, 11) is 0. The Kier molecular flexibility index (Phi) is 4.96. The lowest BCUT2D eigenvalue weighted by Crippen LogP contribution is -2.35. The maximum Gasteiger partial charge on any atom is 0.401 e. The second kappa shape index (κ2) is 6.54. The molecule has 0 amide bonds. The Morgan fingerprint density at radius 3 is 2.48 bits per heavy atom. The Morgan fingerprint density at radius 2 is 1.81 bits per heavy atom. The number of hydrogen-bond donors (Lipinski definition) is 1. The molecule has 0 bridgehead atoms. The zero-order valence-electron chi connectivity index (χ0n) is 11.4. The predicted octanol–water partition coefficient (Wildman–Crippen LogP) is 4.41. The van der Waals surface area contributed by atoms with E-state index in [4.69, 9.17) is 16.3 Å². The number of rotatable bonds is 5. The van der Waals surface area contributed by atoms with Crippen LogP contribution in [0.4, 0.5) is 13.2 Å². The van der Waals surface area contributed by atoms with E-state index in [-0.39, 0.29) is 6.54 Å². The molecule has 2 nitrogen and oxygen atoms in total. The second-order valence-corrected chi connectivity index (χ2v) is 5.17. The highest BCUT2D eigenvalue weighted by molar-refractivity contribution is 6.35. The molecule has 0 aromatic heterocycles. The van der Waals surface area contributed by atoms with Crippen molar-refractivity contribution in [2.24, 2.45) is 0 Å². The average Bonchev–Trinajstić information content (AvgIpc) is 2.41. The van der Waals surface area contributed by atoms with E-state index in [9.17, 15) is 13.2 Å².